The number of nitrogens with zero attached hydrogens (tertiary/aromatic N) is 1. The molecule has 1 fully saturated rings. The highest BCUT2D eigenvalue weighted by atomic mass is 16.5. The number of nitrogens with two attached hydrogens (primary N) is 1. The predicted molar refractivity (Wildman–Crippen MR) is 120 cm³/mol. The number of piperidine rings is 1. The van der Waals surface area contributed by atoms with E-state index in [1.165, 1.54) is 6.42 Å². The van der Waals surface area contributed by atoms with Crippen molar-refractivity contribution >= 4 is 23.2 Å². The first kappa shape index (κ1) is 21.7. The van der Waals surface area contributed by atoms with Crippen molar-refractivity contribution in [1.82, 2.24) is 0 Å². The molecule has 1 heterocycles. The summed E-state index contributed by atoms with van der Waals surface area (Å²) in [5, 5.41) is 2.92. The molecule has 0 atom stereocenters. The molecule has 2 aromatic carbocycles. The molecule has 3 N–H and O–H groups in total. The summed E-state index contributed by atoms with van der Waals surface area (Å²) in [7, 11) is 0. The van der Waals surface area contributed by atoms with Gasteiger partial charge in [0.25, 0.3) is 5.91 Å². The third-order valence-corrected chi connectivity index (χ3v) is 5.40. The highest BCUT2D eigenvalue weighted by molar-refractivity contribution is 5.99. The van der Waals surface area contributed by atoms with E-state index in [4.69, 9.17) is 10.5 Å². The molecule has 30 heavy (non-hydrogen) atoms. The van der Waals surface area contributed by atoms with Gasteiger partial charge in [-0.05, 0) is 67.5 Å². The number of aryl methyl sites for hydroxylation is 1. The number of hydrogen-bond acceptors (Lipinski definition) is 4. The highest BCUT2D eigenvalue weighted by Crippen LogP contribution is 2.30. The van der Waals surface area contributed by atoms with E-state index in [-0.39, 0.29) is 12.5 Å². The van der Waals surface area contributed by atoms with Crippen molar-refractivity contribution in [2.24, 2.45) is 5.73 Å². The van der Waals surface area contributed by atoms with Gasteiger partial charge in [-0.15, -0.1) is 0 Å². The Morgan fingerprint density at radius 1 is 1.10 bits per heavy atom. The molecule has 0 saturated carbocycles. The van der Waals surface area contributed by atoms with Crippen LogP contribution in [0.25, 0.3) is 0 Å². The van der Waals surface area contributed by atoms with Gasteiger partial charge >= 0.3 is 0 Å². The monoisotopic (exact) mass is 409 g/mol. The lowest BCUT2D eigenvalue weighted by atomic mass is 10.0. The van der Waals surface area contributed by atoms with Crippen molar-refractivity contribution in [3.63, 3.8) is 0 Å². The summed E-state index contributed by atoms with van der Waals surface area (Å²) < 4.78 is 5.86. The van der Waals surface area contributed by atoms with Gasteiger partial charge in [0.1, 0.15) is 5.75 Å². The molecule has 1 aliphatic rings. The van der Waals surface area contributed by atoms with Crippen molar-refractivity contribution < 1.29 is 14.3 Å². The fourth-order valence-electron chi connectivity index (χ4n) is 3.77. The Labute approximate surface area is 178 Å². The number of hydrogen-bond donors (Lipinski definition) is 2. The summed E-state index contributed by atoms with van der Waals surface area (Å²) in [6.45, 7) is 7.93. The third-order valence-electron chi connectivity index (χ3n) is 5.40. The number of rotatable bonds is 7. The van der Waals surface area contributed by atoms with Crippen LogP contribution in [0.1, 0.15) is 60.5 Å². The second-order valence-electron chi connectivity index (χ2n) is 8.18. The topological polar surface area (TPSA) is 84.7 Å². The van der Waals surface area contributed by atoms with Crippen LogP contribution >= 0.6 is 0 Å². The molecular weight excluding hydrogens is 378 g/mol. The van der Waals surface area contributed by atoms with E-state index in [0.717, 1.165) is 48.5 Å². The van der Waals surface area contributed by atoms with Crippen LogP contribution in [0.2, 0.25) is 0 Å². The van der Waals surface area contributed by atoms with Gasteiger partial charge in [0, 0.05) is 18.7 Å². The van der Waals surface area contributed by atoms with E-state index < -0.39 is 5.91 Å². The minimum Gasteiger partial charge on any atom is -0.483 e. The molecule has 6 nitrogen and oxygen atoms in total. The van der Waals surface area contributed by atoms with Crippen LogP contribution in [0, 0.1) is 6.92 Å². The number of primary amides is 1. The Morgan fingerprint density at radius 2 is 1.83 bits per heavy atom. The van der Waals surface area contributed by atoms with Gasteiger partial charge in [0.05, 0.1) is 11.4 Å². The van der Waals surface area contributed by atoms with E-state index >= 15 is 0 Å². The molecule has 3 rings (SSSR count). The maximum atomic E-state index is 12.7. The molecule has 0 bridgehead atoms. The predicted octanol–water partition coefficient (Wildman–Crippen LogP) is 4.23. The Bertz CT molecular complexity index is 918. The average molecular weight is 410 g/mol. The van der Waals surface area contributed by atoms with Crippen molar-refractivity contribution in [3.05, 3.63) is 53.1 Å². The summed E-state index contributed by atoms with van der Waals surface area (Å²) >= 11 is 0. The smallest absolute Gasteiger partial charge is 0.262 e. The lowest BCUT2D eigenvalue weighted by Gasteiger charge is -2.30. The van der Waals surface area contributed by atoms with Crippen LogP contribution in [0.15, 0.2) is 36.4 Å². The molecule has 0 unspecified atom stereocenters. The Balaban J connectivity index is 1.76. The lowest BCUT2D eigenvalue weighted by molar-refractivity contribution is -0.118. The van der Waals surface area contributed by atoms with Crippen molar-refractivity contribution in [3.8, 4) is 5.75 Å². The lowest BCUT2D eigenvalue weighted by Crippen LogP contribution is -2.31. The summed E-state index contributed by atoms with van der Waals surface area (Å²) in [5.41, 5.74) is 9.46. The molecule has 2 aromatic rings. The Morgan fingerprint density at radius 3 is 2.50 bits per heavy atom. The first-order chi connectivity index (χ1) is 14.3. The maximum Gasteiger partial charge on any atom is 0.262 e. The van der Waals surface area contributed by atoms with Crippen LogP contribution in [0.5, 0.6) is 5.75 Å². The molecule has 0 radical (unpaired) electrons. The minimum atomic E-state index is -0.520. The quantitative estimate of drug-likeness (QED) is 0.717. The standard InChI is InChI=1S/C24H31N3O3/c1-16(2)19-9-7-17(3)13-22(19)30-15-23(28)26-20-14-18(24(25)29)8-10-21(20)27-11-5-4-6-12-27/h7-10,13-14,16H,4-6,11-12,15H2,1-3H3,(H2,25,29)(H,26,28). The summed E-state index contributed by atoms with van der Waals surface area (Å²) in [5.74, 6) is 0.225. The fourth-order valence-corrected chi connectivity index (χ4v) is 3.77. The number of carbonyl (C=O) groups is 2. The van der Waals surface area contributed by atoms with Crippen LogP contribution in [-0.2, 0) is 4.79 Å². The van der Waals surface area contributed by atoms with E-state index in [0.29, 0.717) is 17.2 Å². The zero-order valence-electron chi connectivity index (χ0n) is 18.0. The number of benzene rings is 2. The van der Waals surface area contributed by atoms with Crippen molar-refractivity contribution in [2.75, 3.05) is 29.9 Å². The Kier molecular flexibility index (Phi) is 6.98. The number of nitrogens with one attached hydrogen (secondary N) is 1. The molecule has 2 amide bonds. The molecular formula is C24H31N3O3. The zero-order chi connectivity index (χ0) is 21.7. The molecule has 0 aliphatic carbocycles. The van der Waals surface area contributed by atoms with E-state index in [1.807, 2.05) is 31.2 Å². The SMILES string of the molecule is Cc1ccc(C(C)C)c(OCC(=O)Nc2cc(C(N)=O)ccc2N2CCCCC2)c1. The number of anilines is 2. The molecule has 0 spiro atoms. The van der Waals surface area contributed by atoms with Crippen molar-refractivity contribution in [1.29, 1.82) is 0 Å². The van der Waals surface area contributed by atoms with Crippen LogP contribution in [0.3, 0.4) is 0 Å². The second-order valence-corrected chi connectivity index (χ2v) is 8.18. The van der Waals surface area contributed by atoms with Crippen LogP contribution in [0.4, 0.5) is 11.4 Å². The van der Waals surface area contributed by atoms with Gasteiger partial charge in [0.15, 0.2) is 6.61 Å². The first-order valence-corrected chi connectivity index (χ1v) is 10.6. The van der Waals surface area contributed by atoms with Crippen molar-refractivity contribution in [2.45, 2.75) is 46.0 Å². The van der Waals surface area contributed by atoms with Gasteiger partial charge in [-0.1, -0.05) is 26.0 Å². The molecule has 0 aromatic heterocycles. The summed E-state index contributed by atoms with van der Waals surface area (Å²) in [6.07, 6.45) is 3.43. The third kappa shape index (κ3) is 5.32. The molecule has 1 saturated heterocycles. The van der Waals surface area contributed by atoms with Gasteiger partial charge in [-0.2, -0.15) is 0 Å². The summed E-state index contributed by atoms with van der Waals surface area (Å²) in [6, 6.07) is 11.3. The van der Waals surface area contributed by atoms with Gasteiger partial charge in [-0.3, -0.25) is 9.59 Å². The van der Waals surface area contributed by atoms with E-state index in [2.05, 4.69) is 24.1 Å². The summed E-state index contributed by atoms with van der Waals surface area (Å²) in [4.78, 5) is 26.6. The molecule has 1 aliphatic heterocycles. The number of amides is 2. The van der Waals surface area contributed by atoms with Gasteiger partial charge in [0.2, 0.25) is 5.91 Å². The van der Waals surface area contributed by atoms with E-state index in [9.17, 15) is 9.59 Å². The second kappa shape index (κ2) is 9.65. The number of ether oxygens (including phenoxy) is 1. The Hall–Kier alpha value is -3.02. The molecule has 6 heteroatoms. The minimum absolute atomic E-state index is 0.108. The van der Waals surface area contributed by atoms with Crippen LogP contribution < -0.4 is 20.7 Å². The van der Waals surface area contributed by atoms with E-state index in [1.54, 1.807) is 12.1 Å². The fraction of sp³-hybridized carbons (Fsp3) is 0.417. The normalized spacial score (nSPS) is 13.9. The highest BCUT2D eigenvalue weighted by Gasteiger charge is 2.18. The molecule has 160 valence electrons. The zero-order valence-corrected chi connectivity index (χ0v) is 18.0. The first-order valence-electron chi connectivity index (χ1n) is 10.6. The average Bonchev–Trinajstić information content (AvgIpc) is 2.72. The largest absolute Gasteiger partial charge is 0.483 e. The van der Waals surface area contributed by atoms with Gasteiger partial charge < -0.3 is 20.7 Å². The van der Waals surface area contributed by atoms with Crippen LogP contribution in [-0.4, -0.2) is 31.5 Å². The maximum absolute atomic E-state index is 12.7. The number of carbonyl (C=O) groups excluding carboxylic acids is 2. The van der Waals surface area contributed by atoms with Gasteiger partial charge in [-0.25, -0.2) is 0 Å².